The van der Waals surface area contributed by atoms with Gasteiger partial charge in [0.2, 0.25) is 0 Å². The van der Waals surface area contributed by atoms with E-state index >= 15 is 0 Å². The van der Waals surface area contributed by atoms with Gasteiger partial charge in [0.15, 0.2) is 0 Å². The van der Waals surface area contributed by atoms with E-state index in [1.54, 1.807) is 0 Å². The van der Waals surface area contributed by atoms with Gasteiger partial charge in [-0.2, -0.15) is 0 Å². The van der Waals surface area contributed by atoms with Gasteiger partial charge in [-0.1, -0.05) is 93.4 Å². The zero-order valence-electron chi connectivity index (χ0n) is 13.7. The molecule has 1 unspecified atom stereocenters. The van der Waals surface area contributed by atoms with Crippen molar-refractivity contribution in [2.45, 2.75) is 93.4 Å². The van der Waals surface area contributed by atoms with E-state index in [2.05, 4.69) is 48.5 Å². The van der Waals surface area contributed by atoms with E-state index in [4.69, 9.17) is 0 Å². The van der Waals surface area contributed by atoms with Crippen molar-refractivity contribution in [1.29, 1.82) is 0 Å². The van der Waals surface area contributed by atoms with Crippen LogP contribution in [0.4, 0.5) is 0 Å². The first-order chi connectivity index (χ1) is 7.93. The number of unbranched alkanes of at least 4 members (excludes halogenated alkanes) is 1. The van der Waals surface area contributed by atoms with Crippen LogP contribution in [0, 0.1) is 17.8 Å². The second-order valence-electron chi connectivity index (χ2n) is 6.40. The minimum atomic E-state index is 0.886. The smallest absolute Gasteiger partial charge is 0.0443 e. The van der Waals surface area contributed by atoms with Crippen LogP contribution in [0.25, 0.3) is 0 Å². The zero-order valence-corrected chi connectivity index (χ0v) is 13.7. The lowest BCUT2D eigenvalue weighted by Gasteiger charge is -2.07. The van der Waals surface area contributed by atoms with Crippen molar-refractivity contribution in [1.82, 2.24) is 0 Å². The maximum absolute atomic E-state index is 2.36. The Bertz CT molecular complexity index is 116. The molecule has 0 rings (SSSR count). The van der Waals surface area contributed by atoms with Crippen LogP contribution in [-0.4, -0.2) is 0 Å². The second-order valence-corrected chi connectivity index (χ2v) is 6.40. The van der Waals surface area contributed by atoms with Crippen LogP contribution in [0.3, 0.4) is 0 Å². The van der Waals surface area contributed by atoms with E-state index < -0.39 is 0 Å². The molecule has 0 aromatic carbocycles. The number of hydrogen-bond acceptors (Lipinski definition) is 0. The Labute approximate surface area is 112 Å². The minimum Gasteiger partial charge on any atom is -0.0654 e. The van der Waals surface area contributed by atoms with Crippen LogP contribution in [0.1, 0.15) is 93.4 Å². The lowest BCUT2D eigenvalue weighted by atomic mass is 10.00. The summed E-state index contributed by atoms with van der Waals surface area (Å²) in [5, 5.41) is 0. The lowest BCUT2D eigenvalue weighted by Crippen LogP contribution is -1.92. The maximum atomic E-state index is 2.36. The molecule has 1 atom stereocenters. The van der Waals surface area contributed by atoms with Crippen LogP contribution < -0.4 is 0 Å². The molecular weight excluding hydrogens is 204 g/mol. The molecule has 0 nitrogen and oxygen atoms in total. The molecule has 17 heavy (non-hydrogen) atoms. The van der Waals surface area contributed by atoms with Crippen LogP contribution in [-0.2, 0) is 0 Å². The summed E-state index contributed by atoms with van der Waals surface area (Å²) < 4.78 is 0. The SMILES string of the molecule is CC(C)CCC(C)C.CCCCC(C)CCC. The Morgan fingerprint density at radius 1 is 0.588 bits per heavy atom. The molecule has 0 aromatic heterocycles. The normalized spacial score (nSPS) is 12.5. The zero-order chi connectivity index (χ0) is 13.7. The van der Waals surface area contributed by atoms with Crippen molar-refractivity contribution < 1.29 is 0 Å². The molecular formula is C17H38. The molecule has 0 heteroatoms. The van der Waals surface area contributed by atoms with Gasteiger partial charge in [0.1, 0.15) is 0 Å². The van der Waals surface area contributed by atoms with Crippen molar-refractivity contribution in [3.63, 3.8) is 0 Å². The first-order valence-electron chi connectivity index (χ1n) is 7.93. The fourth-order valence-electron chi connectivity index (χ4n) is 1.86. The van der Waals surface area contributed by atoms with Gasteiger partial charge in [0.25, 0.3) is 0 Å². The highest BCUT2D eigenvalue weighted by molar-refractivity contribution is 4.50. The average Bonchev–Trinajstić information content (AvgIpc) is 2.25. The predicted molar refractivity (Wildman–Crippen MR) is 82.5 cm³/mol. The summed E-state index contributed by atoms with van der Waals surface area (Å²) in [6, 6.07) is 0. The summed E-state index contributed by atoms with van der Waals surface area (Å²) in [5.74, 6) is 2.74. The van der Waals surface area contributed by atoms with Gasteiger partial charge in [-0.05, 0) is 17.8 Å². The van der Waals surface area contributed by atoms with Gasteiger partial charge in [0, 0.05) is 0 Å². The highest BCUT2D eigenvalue weighted by atomic mass is 14.0. The first kappa shape index (κ1) is 19.3. The molecule has 0 saturated heterocycles. The molecule has 0 bridgehead atoms. The quantitative estimate of drug-likeness (QED) is 0.444. The van der Waals surface area contributed by atoms with E-state index in [0.29, 0.717) is 0 Å². The molecule has 0 aliphatic rings. The molecule has 106 valence electrons. The highest BCUT2D eigenvalue weighted by Crippen LogP contribution is 2.12. The Balaban J connectivity index is 0. The number of hydrogen-bond donors (Lipinski definition) is 0. The monoisotopic (exact) mass is 242 g/mol. The van der Waals surface area contributed by atoms with E-state index in [9.17, 15) is 0 Å². The third kappa shape index (κ3) is 21.8. The highest BCUT2D eigenvalue weighted by Gasteiger charge is 1.97. The Morgan fingerprint density at radius 2 is 1.06 bits per heavy atom. The van der Waals surface area contributed by atoms with E-state index in [0.717, 1.165) is 17.8 Å². The second kappa shape index (κ2) is 14.1. The van der Waals surface area contributed by atoms with Crippen LogP contribution in [0.2, 0.25) is 0 Å². The largest absolute Gasteiger partial charge is 0.0654 e. The van der Waals surface area contributed by atoms with Crippen LogP contribution in [0.5, 0.6) is 0 Å². The molecule has 0 aliphatic heterocycles. The topological polar surface area (TPSA) is 0 Å². The van der Waals surface area contributed by atoms with Gasteiger partial charge in [-0.25, -0.2) is 0 Å². The van der Waals surface area contributed by atoms with Gasteiger partial charge < -0.3 is 0 Å². The third-order valence-electron chi connectivity index (χ3n) is 3.15. The molecule has 0 radical (unpaired) electrons. The van der Waals surface area contributed by atoms with Crippen molar-refractivity contribution in [2.75, 3.05) is 0 Å². The maximum Gasteiger partial charge on any atom is -0.0443 e. The number of rotatable bonds is 8. The molecule has 0 N–H and O–H groups in total. The van der Waals surface area contributed by atoms with Crippen LogP contribution >= 0.6 is 0 Å². The fraction of sp³-hybridized carbons (Fsp3) is 1.00. The summed E-state index contributed by atoms with van der Waals surface area (Å²) in [6.45, 7) is 16.0. The van der Waals surface area contributed by atoms with Gasteiger partial charge in [-0.3, -0.25) is 0 Å². The molecule has 0 amide bonds. The first-order valence-corrected chi connectivity index (χ1v) is 7.93. The van der Waals surface area contributed by atoms with Gasteiger partial charge >= 0.3 is 0 Å². The standard InChI is InChI=1S/C9H20.C8H18/c1-4-6-8-9(3)7-5-2;1-7(2)5-6-8(3)4/h9H,4-8H2,1-3H3;7-8H,5-6H2,1-4H3. The Morgan fingerprint density at radius 3 is 1.35 bits per heavy atom. The summed E-state index contributed by atoms with van der Waals surface area (Å²) in [7, 11) is 0. The molecule has 0 fully saturated rings. The average molecular weight is 242 g/mol. The summed E-state index contributed by atoms with van der Waals surface area (Å²) in [4.78, 5) is 0. The van der Waals surface area contributed by atoms with Crippen molar-refractivity contribution in [2.24, 2.45) is 17.8 Å². The molecule has 0 heterocycles. The summed E-state index contributed by atoms with van der Waals surface area (Å²) in [6.07, 6.45) is 9.75. The van der Waals surface area contributed by atoms with Crippen molar-refractivity contribution in [3.8, 4) is 0 Å². The van der Waals surface area contributed by atoms with E-state index in [1.807, 2.05) is 0 Å². The van der Waals surface area contributed by atoms with Crippen molar-refractivity contribution in [3.05, 3.63) is 0 Å². The third-order valence-corrected chi connectivity index (χ3v) is 3.15. The molecule has 0 spiro atoms. The van der Waals surface area contributed by atoms with Gasteiger partial charge in [0.05, 0.1) is 0 Å². The van der Waals surface area contributed by atoms with Gasteiger partial charge in [-0.15, -0.1) is 0 Å². The molecule has 0 saturated carbocycles. The summed E-state index contributed by atoms with van der Waals surface area (Å²) >= 11 is 0. The van der Waals surface area contributed by atoms with E-state index in [1.165, 1.54) is 44.9 Å². The molecule has 0 aromatic rings. The van der Waals surface area contributed by atoms with Crippen molar-refractivity contribution >= 4 is 0 Å². The fourth-order valence-corrected chi connectivity index (χ4v) is 1.86. The Hall–Kier alpha value is 0. The minimum absolute atomic E-state index is 0.886. The van der Waals surface area contributed by atoms with Crippen LogP contribution in [0.15, 0.2) is 0 Å². The predicted octanol–water partition coefficient (Wildman–Crippen LogP) is 6.69. The lowest BCUT2D eigenvalue weighted by molar-refractivity contribution is 0.466. The molecule has 0 aliphatic carbocycles. The summed E-state index contributed by atoms with van der Waals surface area (Å²) in [5.41, 5.74) is 0. The Kier molecular flexibility index (Phi) is 16.0. The van der Waals surface area contributed by atoms with E-state index in [-0.39, 0.29) is 0 Å².